The Morgan fingerprint density at radius 3 is 2.48 bits per heavy atom. The fraction of sp³-hybridized carbons (Fsp3) is 0.588. The summed E-state index contributed by atoms with van der Waals surface area (Å²) in [6.45, 7) is 3.43. The van der Waals surface area contributed by atoms with Crippen molar-refractivity contribution in [2.75, 3.05) is 26.2 Å². The van der Waals surface area contributed by atoms with Gasteiger partial charge in [-0.1, -0.05) is 0 Å². The van der Waals surface area contributed by atoms with Gasteiger partial charge < -0.3 is 10.0 Å². The maximum absolute atomic E-state index is 12.8. The van der Waals surface area contributed by atoms with Crippen LogP contribution in [0.3, 0.4) is 0 Å². The zero-order chi connectivity index (χ0) is 15.1. The van der Waals surface area contributed by atoms with Crippen LogP contribution in [0.2, 0.25) is 0 Å². The number of hydrogen-bond acceptors (Lipinski definition) is 3. The van der Waals surface area contributed by atoms with Crippen molar-refractivity contribution >= 4 is 5.78 Å². The van der Waals surface area contributed by atoms with Crippen LogP contribution in [0.1, 0.15) is 42.5 Å². The Labute approximate surface area is 125 Å². The van der Waals surface area contributed by atoms with E-state index in [1.165, 1.54) is 12.1 Å². The normalized spacial score (nSPS) is 17.0. The number of carbonyl (C=O) groups is 1. The molecule has 116 valence electrons. The van der Waals surface area contributed by atoms with E-state index in [0.29, 0.717) is 24.5 Å². The van der Waals surface area contributed by atoms with Crippen molar-refractivity contribution < 1.29 is 14.3 Å². The van der Waals surface area contributed by atoms with E-state index in [1.807, 2.05) is 0 Å². The summed E-state index contributed by atoms with van der Waals surface area (Å²) in [5.41, 5.74) is 0.597. The minimum atomic E-state index is -0.308. The molecule has 1 aliphatic rings. The summed E-state index contributed by atoms with van der Waals surface area (Å²) in [7, 11) is 0. The number of piperidine rings is 1. The van der Waals surface area contributed by atoms with Gasteiger partial charge in [-0.2, -0.15) is 0 Å². The highest BCUT2D eigenvalue weighted by Gasteiger charge is 2.17. The number of Topliss-reactive ketones (excluding diaryl/α,β-unsaturated/α-hetero) is 1. The lowest BCUT2D eigenvalue weighted by atomic mass is 9.97. The zero-order valence-electron chi connectivity index (χ0n) is 12.4. The number of ketones is 1. The van der Waals surface area contributed by atoms with E-state index in [0.717, 1.165) is 45.3 Å². The van der Waals surface area contributed by atoms with Gasteiger partial charge in [0.1, 0.15) is 5.82 Å². The van der Waals surface area contributed by atoms with Crippen molar-refractivity contribution in [1.29, 1.82) is 0 Å². The maximum atomic E-state index is 12.8. The van der Waals surface area contributed by atoms with Crippen LogP contribution in [0.5, 0.6) is 0 Å². The summed E-state index contributed by atoms with van der Waals surface area (Å²) in [4.78, 5) is 14.3. The number of aliphatic hydroxyl groups excluding tert-OH is 1. The first-order valence-electron chi connectivity index (χ1n) is 7.81. The molecule has 3 nitrogen and oxygen atoms in total. The Morgan fingerprint density at radius 1 is 1.19 bits per heavy atom. The molecule has 1 saturated heterocycles. The van der Waals surface area contributed by atoms with Crippen LogP contribution in [0.25, 0.3) is 0 Å². The molecule has 4 heteroatoms. The number of benzene rings is 1. The summed E-state index contributed by atoms with van der Waals surface area (Å²) >= 11 is 0. The van der Waals surface area contributed by atoms with E-state index in [9.17, 15) is 9.18 Å². The molecule has 1 aromatic rings. The Hall–Kier alpha value is -1.26. The topological polar surface area (TPSA) is 40.5 Å². The molecular formula is C17H24FNO2. The molecule has 2 rings (SSSR count). The Morgan fingerprint density at radius 2 is 1.86 bits per heavy atom. The van der Waals surface area contributed by atoms with Crippen molar-refractivity contribution in [3.05, 3.63) is 35.6 Å². The fourth-order valence-corrected chi connectivity index (χ4v) is 2.79. The summed E-state index contributed by atoms with van der Waals surface area (Å²) in [6, 6.07) is 5.77. The quantitative estimate of drug-likeness (QED) is 0.621. The van der Waals surface area contributed by atoms with Gasteiger partial charge in [0.15, 0.2) is 5.78 Å². The number of hydrogen-bond donors (Lipinski definition) is 1. The van der Waals surface area contributed by atoms with E-state index in [4.69, 9.17) is 5.11 Å². The van der Waals surface area contributed by atoms with Crippen LogP contribution in [0, 0.1) is 11.7 Å². The average molecular weight is 293 g/mol. The van der Waals surface area contributed by atoms with Gasteiger partial charge in [0.2, 0.25) is 0 Å². The molecule has 1 heterocycles. The summed E-state index contributed by atoms with van der Waals surface area (Å²) in [5, 5.41) is 9.10. The first-order chi connectivity index (χ1) is 10.2. The lowest BCUT2D eigenvalue weighted by Crippen LogP contribution is -2.35. The molecule has 0 amide bonds. The highest BCUT2D eigenvalue weighted by molar-refractivity contribution is 5.95. The number of carbonyl (C=O) groups excluding carboxylic acids is 1. The second-order valence-electron chi connectivity index (χ2n) is 5.85. The maximum Gasteiger partial charge on any atom is 0.162 e. The Bertz CT molecular complexity index is 439. The van der Waals surface area contributed by atoms with Crippen molar-refractivity contribution in [1.82, 2.24) is 4.90 Å². The van der Waals surface area contributed by atoms with Gasteiger partial charge in [0.25, 0.3) is 0 Å². The molecule has 1 aromatic carbocycles. The number of halogens is 1. The summed E-state index contributed by atoms with van der Waals surface area (Å²) in [5.74, 6) is 0.258. The van der Waals surface area contributed by atoms with Crippen LogP contribution < -0.4 is 0 Å². The number of nitrogens with zero attached hydrogens (tertiary/aromatic N) is 1. The van der Waals surface area contributed by atoms with Crippen LogP contribution in [-0.2, 0) is 0 Å². The molecule has 0 spiro atoms. The molecule has 0 aromatic heterocycles. The highest BCUT2D eigenvalue weighted by Crippen LogP contribution is 2.17. The molecule has 21 heavy (non-hydrogen) atoms. The fourth-order valence-electron chi connectivity index (χ4n) is 2.79. The van der Waals surface area contributed by atoms with Gasteiger partial charge in [0, 0.05) is 18.6 Å². The van der Waals surface area contributed by atoms with E-state index in [1.54, 1.807) is 12.1 Å². The molecular weight excluding hydrogens is 269 g/mol. The second-order valence-corrected chi connectivity index (χ2v) is 5.85. The molecule has 1 aliphatic heterocycles. The van der Waals surface area contributed by atoms with Crippen molar-refractivity contribution in [3.8, 4) is 0 Å². The van der Waals surface area contributed by atoms with Crippen LogP contribution in [-0.4, -0.2) is 42.0 Å². The Balaban J connectivity index is 1.61. The molecule has 1 fully saturated rings. The SMILES string of the molecule is O=C(CCCCN1CCC(CO)CC1)c1ccc(F)cc1. The smallest absolute Gasteiger partial charge is 0.162 e. The number of unbranched alkanes of at least 4 members (excludes halogenated alkanes) is 1. The highest BCUT2D eigenvalue weighted by atomic mass is 19.1. The van der Waals surface area contributed by atoms with E-state index >= 15 is 0 Å². The first-order valence-corrected chi connectivity index (χ1v) is 7.81. The van der Waals surface area contributed by atoms with Gasteiger partial charge in [-0.15, -0.1) is 0 Å². The molecule has 0 radical (unpaired) electrons. The van der Waals surface area contributed by atoms with E-state index in [-0.39, 0.29) is 11.6 Å². The van der Waals surface area contributed by atoms with Crippen LogP contribution in [0.4, 0.5) is 4.39 Å². The standard InChI is InChI=1S/C17H24FNO2/c18-16-6-4-15(5-7-16)17(21)3-1-2-10-19-11-8-14(13-20)9-12-19/h4-7,14,20H,1-3,8-13H2. The molecule has 0 saturated carbocycles. The van der Waals surface area contributed by atoms with Gasteiger partial charge >= 0.3 is 0 Å². The van der Waals surface area contributed by atoms with E-state index < -0.39 is 0 Å². The zero-order valence-corrected chi connectivity index (χ0v) is 12.4. The minimum absolute atomic E-state index is 0.0917. The predicted octanol–water partition coefficient (Wildman–Crippen LogP) is 2.88. The average Bonchev–Trinajstić information content (AvgIpc) is 2.52. The number of rotatable bonds is 7. The largest absolute Gasteiger partial charge is 0.396 e. The Kier molecular flexibility index (Phi) is 6.33. The molecule has 0 atom stereocenters. The number of likely N-dealkylation sites (tertiary alicyclic amines) is 1. The van der Waals surface area contributed by atoms with Crippen LogP contribution in [0.15, 0.2) is 24.3 Å². The summed E-state index contributed by atoms with van der Waals surface area (Å²) < 4.78 is 12.8. The summed E-state index contributed by atoms with van der Waals surface area (Å²) in [6.07, 6.45) is 4.56. The van der Waals surface area contributed by atoms with Gasteiger partial charge in [-0.05, 0) is 75.5 Å². The lowest BCUT2D eigenvalue weighted by Gasteiger charge is -2.30. The van der Waals surface area contributed by atoms with Crippen molar-refractivity contribution in [2.24, 2.45) is 5.92 Å². The van der Waals surface area contributed by atoms with Crippen LogP contribution >= 0.6 is 0 Å². The third-order valence-electron chi connectivity index (χ3n) is 4.26. The molecule has 0 aliphatic carbocycles. The minimum Gasteiger partial charge on any atom is -0.396 e. The number of aliphatic hydroxyl groups is 1. The molecule has 0 bridgehead atoms. The van der Waals surface area contributed by atoms with Crippen molar-refractivity contribution in [2.45, 2.75) is 32.1 Å². The van der Waals surface area contributed by atoms with Gasteiger partial charge in [-0.25, -0.2) is 4.39 Å². The van der Waals surface area contributed by atoms with Crippen molar-refractivity contribution in [3.63, 3.8) is 0 Å². The van der Waals surface area contributed by atoms with Gasteiger partial charge in [0.05, 0.1) is 0 Å². The molecule has 0 unspecified atom stereocenters. The van der Waals surface area contributed by atoms with E-state index in [2.05, 4.69) is 4.90 Å². The van der Waals surface area contributed by atoms with Gasteiger partial charge in [-0.3, -0.25) is 4.79 Å². The lowest BCUT2D eigenvalue weighted by molar-refractivity contribution is 0.0974. The third-order valence-corrected chi connectivity index (χ3v) is 4.26. The third kappa shape index (κ3) is 5.21. The second kappa shape index (κ2) is 8.25. The first kappa shape index (κ1) is 16.1. The monoisotopic (exact) mass is 293 g/mol. The predicted molar refractivity (Wildman–Crippen MR) is 80.8 cm³/mol. The molecule has 1 N–H and O–H groups in total.